The van der Waals surface area contributed by atoms with E-state index < -0.39 is 41.9 Å². The van der Waals surface area contributed by atoms with Crippen LogP contribution in [0.4, 0.5) is 5.69 Å². The van der Waals surface area contributed by atoms with Crippen molar-refractivity contribution in [3.63, 3.8) is 0 Å². The summed E-state index contributed by atoms with van der Waals surface area (Å²) in [6.07, 6.45) is -4.94. The number of benzene rings is 3. The lowest BCUT2D eigenvalue weighted by Crippen LogP contribution is -2.62. The number of aliphatic hydroxyl groups is 1. The van der Waals surface area contributed by atoms with E-state index in [1.54, 1.807) is 18.2 Å². The van der Waals surface area contributed by atoms with Gasteiger partial charge < -0.3 is 28.8 Å². The van der Waals surface area contributed by atoms with Crippen molar-refractivity contribution in [2.24, 2.45) is 0 Å². The zero-order valence-electron chi connectivity index (χ0n) is 19.4. The number of fused-ring (bicyclic) bond motifs is 1. The van der Waals surface area contributed by atoms with Gasteiger partial charge in [0.1, 0.15) is 24.4 Å². The molecule has 2 aliphatic rings. The maximum atomic E-state index is 11.4. The molecule has 9 nitrogen and oxygen atoms in total. The third kappa shape index (κ3) is 5.46. The number of nitro groups is 1. The fourth-order valence-corrected chi connectivity index (χ4v) is 4.41. The molecule has 6 atom stereocenters. The summed E-state index contributed by atoms with van der Waals surface area (Å²) in [4.78, 5) is 10.9. The Morgan fingerprint density at radius 3 is 2.33 bits per heavy atom. The highest BCUT2D eigenvalue weighted by Gasteiger charge is 2.50. The summed E-state index contributed by atoms with van der Waals surface area (Å²) < 4.78 is 30.2. The zero-order valence-corrected chi connectivity index (χ0v) is 19.4. The molecule has 0 saturated carbocycles. The molecule has 0 aliphatic carbocycles. The van der Waals surface area contributed by atoms with Gasteiger partial charge in [-0.1, -0.05) is 72.8 Å². The Kier molecular flexibility index (Phi) is 7.66. The van der Waals surface area contributed by atoms with Gasteiger partial charge in [-0.3, -0.25) is 10.1 Å². The monoisotopic (exact) mass is 493 g/mol. The Morgan fingerprint density at radius 2 is 1.58 bits per heavy atom. The van der Waals surface area contributed by atoms with Crippen LogP contribution in [0, 0.1) is 10.1 Å². The third-order valence-corrected chi connectivity index (χ3v) is 6.26. The summed E-state index contributed by atoms with van der Waals surface area (Å²) in [5, 5.41) is 22.7. The van der Waals surface area contributed by atoms with Crippen LogP contribution in [0.5, 0.6) is 0 Å². The second-order valence-electron chi connectivity index (χ2n) is 8.67. The van der Waals surface area contributed by atoms with E-state index in [4.69, 9.17) is 23.7 Å². The molecular formula is C27H27NO8. The van der Waals surface area contributed by atoms with Crippen LogP contribution in [0.1, 0.15) is 23.0 Å². The minimum atomic E-state index is -1.08. The molecule has 3 aromatic rings. The predicted octanol–water partition coefficient (Wildman–Crippen LogP) is 3.90. The van der Waals surface area contributed by atoms with E-state index >= 15 is 0 Å². The molecule has 36 heavy (non-hydrogen) atoms. The highest BCUT2D eigenvalue weighted by atomic mass is 16.8. The van der Waals surface area contributed by atoms with Crippen LogP contribution < -0.4 is 0 Å². The maximum Gasteiger partial charge on any atom is 0.274 e. The number of para-hydroxylation sites is 1. The molecule has 3 aromatic carbocycles. The van der Waals surface area contributed by atoms with E-state index in [0.717, 1.165) is 11.1 Å². The number of hydrogen-bond donors (Lipinski definition) is 1. The van der Waals surface area contributed by atoms with Crippen molar-refractivity contribution in [3.8, 4) is 0 Å². The fourth-order valence-electron chi connectivity index (χ4n) is 4.41. The first-order valence-corrected chi connectivity index (χ1v) is 11.7. The largest absolute Gasteiger partial charge is 0.387 e. The summed E-state index contributed by atoms with van der Waals surface area (Å²) in [6.45, 7) is 0.302. The molecule has 9 heteroatoms. The zero-order chi connectivity index (χ0) is 24.9. The standard InChI is InChI=1S/C27H27NO8/c29-23-24-22(17-34-26(36-24)19-11-5-2-6-12-19)35-27(25(23)32-15-18-9-3-1-4-10-18)33-16-20-13-7-8-14-21(20)28(30)31/h1-14,22-27,29H,15-17H2/t22-,23+,24-,25-,26-,27-/m1/s1. The van der Waals surface area contributed by atoms with Gasteiger partial charge in [-0.25, -0.2) is 0 Å². The number of nitrogens with zero attached hydrogens (tertiary/aromatic N) is 1. The Labute approximate surface area is 208 Å². The highest BCUT2D eigenvalue weighted by molar-refractivity contribution is 5.39. The lowest BCUT2D eigenvalue weighted by atomic mass is 9.97. The third-order valence-electron chi connectivity index (χ3n) is 6.26. The van der Waals surface area contributed by atoms with Crippen LogP contribution in [-0.4, -0.2) is 47.3 Å². The molecular weight excluding hydrogens is 466 g/mol. The maximum absolute atomic E-state index is 11.4. The van der Waals surface area contributed by atoms with Crippen LogP contribution >= 0.6 is 0 Å². The molecule has 0 amide bonds. The van der Waals surface area contributed by atoms with E-state index in [2.05, 4.69) is 0 Å². The highest BCUT2D eigenvalue weighted by Crippen LogP contribution is 2.36. The molecule has 0 bridgehead atoms. The number of ether oxygens (including phenoxy) is 5. The lowest BCUT2D eigenvalue weighted by Gasteiger charge is -2.47. The first-order valence-electron chi connectivity index (χ1n) is 11.7. The van der Waals surface area contributed by atoms with Crippen molar-refractivity contribution in [1.82, 2.24) is 0 Å². The van der Waals surface area contributed by atoms with Gasteiger partial charge in [0.25, 0.3) is 5.69 Å². The molecule has 2 heterocycles. The summed E-state index contributed by atoms with van der Waals surface area (Å²) in [7, 11) is 0. The van der Waals surface area contributed by atoms with Crippen molar-refractivity contribution in [2.45, 2.75) is 50.2 Å². The number of rotatable bonds is 8. The summed E-state index contributed by atoms with van der Waals surface area (Å²) >= 11 is 0. The number of aliphatic hydroxyl groups excluding tert-OH is 1. The van der Waals surface area contributed by atoms with Gasteiger partial charge in [-0.05, 0) is 11.6 Å². The molecule has 2 fully saturated rings. The van der Waals surface area contributed by atoms with Crippen molar-refractivity contribution >= 4 is 5.69 Å². The Hall–Kier alpha value is -3.18. The van der Waals surface area contributed by atoms with Crippen molar-refractivity contribution in [2.75, 3.05) is 6.61 Å². The number of nitro benzene ring substituents is 1. The fraction of sp³-hybridized carbons (Fsp3) is 0.333. The summed E-state index contributed by atoms with van der Waals surface area (Å²) in [5.74, 6) is 0. The van der Waals surface area contributed by atoms with E-state index in [1.807, 2.05) is 60.7 Å². The van der Waals surface area contributed by atoms with Gasteiger partial charge in [-0.15, -0.1) is 0 Å². The van der Waals surface area contributed by atoms with Gasteiger partial charge in [0.15, 0.2) is 12.6 Å². The average molecular weight is 494 g/mol. The van der Waals surface area contributed by atoms with Crippen molar-refractivity contribution < 1.29 is 33.7 Å². The minimum absolute atomic E-state index is 0.0523. The van der Waals surface area contributed by atoms with Gasteiger partial charge in [0.05, 0.1) is 30.3 Å². The van der Waals surface area contributed by atoms with Gasteiger partial charge >= 0.3 is 0 Å². The van der Waals surface area contributed by atoms with Gasteiger partial charge in [0.2, 0.25) is 0 Å². The molecule has 0 spiro atoms. The molecule has 0 radical (unpaired) electrons. The second-order valence-corrected chi connectivity index (χ2v) is 8.67. The van der Waals surface area contributed by atoms with Gasteiger partial charge in [-0.2, -0.15) is 0 Å². The van der Waals surface area contributed by atoms with E-state index in [0.29, 0.717) is 5.56 Å². The van der Waals surface area contributed by atoms with Gasteiger partial charge in [0, 0.05) is 11.6 Å². The first-order chi connectivity index (χ1) is 17.6. The topological polar surface area (TPSA) is 110 Å². The minimum Gasteiger partial charge on any atom is -0.387 e. The average Bonchev–Trinajstić information content (AvgIpc) is 2.92. The van der Waals surface area contributed by atoms with E-state index in [-0.39, 0.29) is 25.5 Å². The second kappa shape index (κ2) is 11.3. The van der Waals surface area contributed by atoms with Crippen LogP contribution in [0.3, 0.4) is 0 Å². The molecule has 188 valence electrons. The SMILES string of the molecule is O=[N+]([O-])c1ccccc1CO[C@@H]1O[C@@H]2CO[C@@H](c3ccccc3)O[C@H]2[C@H](O)[C@H]1OCc1ccccc1. The molecule has 2 aliphatic heterocycles. The molecule has 0 aromatic heterocycles. The summed E-state index contributed by atoms with van der Waals surface area (Å²) in [6, 6.07) is 25.3. The summed E-state index contributed by atoms with van der Waals surface area (Å²) in [5.41, 5.74) is 2.09. The lowest BCUT2D eigenvalue weighted by molar-refractivity contribution is -0.387. The predicted molar refractivity (Wildman–Crippen MR) is 128 cm³/mol. The van der Waals surface area contributed by atoms with Crippen LogP contribution in [0.2, 0.25) is 0 Å². The molecule has 1 N–H and O–H groups in total. The normalized spacial score (nSPS) is 27.8. The van der Waals surface area contributed by atoms with Crippen molar-refractivity contribution in [3.05, 3.63) is 112 Å². The van der Waals surface area contributed by atoms with E-state index in [1.165, 1.54) is 6.07 Å². The smallest absolute Gasteiger partial charge is 0.274 e. The molecule has 5 rings (SSSR count). The van der Waals surface area contributed by atoms with Crippen LogP contribution in [0.25, 0.3) is 0 Å². The Balaban J connectivity index is 1.34. The molecule has 2 saturated heterocycles. The van der Waals surface area contributed by atoms with E-state index in [9.17, 15) is 15.2 Å². The Morgan fingerprint density at radius 1 is 0.889 bits per heavy atom. The van der Waals surface area contributed by atoms with Crippen molar-refractivity contribution in [1.29, 1.82) is 0 Å². The first kappa shape index (κ1) is 24.5. The van der Waals surface area contributed by atoms with Crippen LogP contribution in [0.15, 0.2) is 84.9 Å². The quantitative estimate of drug-likeness (QED) is 0.372. The number of hydrogen-bond acceptors (Lipinski definition) is 8. The molecule has 0 unspecified atom stereocenters. The Bertz CT molecular complexity index is 1140. The van der Waals surface area contributed by atoms with Crippen LogP contribution in [-0.2, 0) is 36.9 Å².